The van der Waals surface area contributed by atoms with E-state index < -0.39 is 0 Å². The monoisotopic (exact) mass is 309 g/mol. The molecule has 0 N–H and O–H groups in total. The Balaban J connectivity index is 1.71. The van der Waals surface area contributed by atoms with Crippen LogP contribution >= 0.6 is 0 Å². The van der Waals surface area contributed by atoms with Crippen LogP contribution in [0.4, 0.5) is 0 Å². The number of rotatable bonds is 1. The lowest BCUT2D eigenvalue weighted by molar-refractivity contribution is 0.0708. The zero-order valence-electron chi connectivity index (χ0n) is 12.6. The van der Waals surface area contributed by atoms with Crippen LogP contribution in [-0.2, 0) is 20.1 Å². The summed E-state index contributed by atoms with van der Waals surface area (Å²) in [6.45, 7) is 1.30. The lowest BCUT2D eigenvalue weighted by Gasteiger charge is -2.27. The van der Waals surface area contributed by atoms with Gasteiger partial charge in [0.2, 0.25) is 0 Å². The molecule has 3 aromatic rings. The van der Waals surface area contributed by atoms with Gasteiger partial charge in [-0.1, -0.05) is 12.1 Å². The van der Waals surface area contributed by atoms with Gasteiger partial charge in [-0.05, 0) is 18.2 Å². The van der Waals surface area contributed by atoms with Crippen molar-refractivity contribution < 1.29 is 4.79 Å². The molecule has 0 saturated carbocycles. The summed E-state index contributed by atoms with van der Waals surface area (Å²) in [5, 5.41) is 5.04. The number of nitrogens with zero attached hydrogens (tertiary/aromatic N) is 5. The minimum atomic E-state index is -0.138. The van der Waals surface area contributed by atoms with E-state index >= 15 is 0 Å². The van der Waals surface area contributed by atoms with Crippen molar-refractivity contribution in [2.75, 3.05) is 6.54 Å². The van der Waals surface area contributed by atoms with E-state index in [0.717, 1.165) is 10.9 Å². The quantitative estimate of drug-likeness (QED) is 0.666. The van der Waals surface area contributed by atoms with Gasteiger partial charge in [-0.2, -0.15) is 5.10 Å². The predicted molar refractivity (Wildman–Crippen MR) is 84.0 cm³/mol. The number of fused-ring (bicyclic) bond motifs is 2. The summed E-state index contributed by atoms with van der Waals surface area (Å²) < 4.78 is 2.93. The molecule has 0 fully saturated rings. The minimum absolute atomic E-state index is 0.0621. The average Bonchev–Trinajstić information content (AvgIpc) is 2.87. The van der Waals surface area contributed by atoms with Crippen molar-refractivity contribution in [3.63, 3.8) is 0 Å². The van der Waals surface area contributed by atoms with Gasteiger partial charge in [0.1, 0.15) is 0 Å². The molecule has 1 aromatic carbocycles. The normalized spacial score (nSPS) is 14.0. The highest BCUT2D eigenvalue weighted by atomic mass is 16.2. The smallest absolute Gasteiger partial charge is 0.329 e. The van der Waals surface area contributed by atoms with Crippen LogP contribution in [0, 0.1) is 0 Å². The van der Waals surface area contributed by atoms with E-state index in [1.807, 2.05) is 30.3 Å². The molecule has 0 spiro atoms. The molecule has 23 heavy (non-hydrogen) atoms. The highest BCUT2D eigenvalue weighted by Gasteiger charge is 2.26. The van der Waals surface area contributed by atoms with E-state index in [9.17, 15) is 9.59 Å². The number of aryl methyl sites for hydroxylation is 1. The van der Waals surface area contributed by atoms with E-state index in [1.54, 1.807) is 22.7 Å². The Labute approximate surface area is 131 Å². The van der Waals surface area contributed by atoms with Gasteiger partial charge in [0.05, 0.1) is 12.1 Å². The van der Waals surface area contributed by atoms with Crippen molar-refractivity contribution in [1.82, 2.24) is 24.2 Å². The van der Waals surface area contributed by atoms with Crippen LogP contribution < -0.4 is 5.69 Å². The van der Waals surface area contributed by atoms with Crippen molar-refractivity contribution in [2.45, 2.75) is 13.1 Å². The van der Waals surface area contributed by atoms with Crippen molar-refractivity contribution in [1.29, 1.82) is 0 Å². The van der Waals surface area contributed by atoms with Crippen LogP contribution in [0.1, 0.15) is 16.2 Å². The Hall–Kier alpha value is -2.96. The first-order chi connectivity index (χ1) is 11.1. The Morgan fingerprint density at radius 3 is 2.91 bits per heavy atom. The molecule has 116 valence electrons. The largest absolute Gasteiger partial charge is 0.345 e. The lowest BCUT2D eigenvalue weighted by Crippen LogP contribution is -2.40. The molecule has 3 heterocycles. The average molecular weight is 309 g/mol. The fraction of sp³-hybridized carbons (Fsp3) is 0.250. The number of carbonyl (C=O) groups is 1. The van der Waals surface area contributed by atoms with Gasteiger partial charge >= 0.3 is 5.69 Å². The summed E-state index contributed by atoms with van der Waals surface area (Å²) in [6, 6.07) is 9.26. The molecular weight excluding hydrogens is 294 g/mol. The van der Waals surface area contributed by atoms with Crippen LogP contribution in [0.2, 0.25) is 0 Å². The Morgan fingerprint density at radius 1 is 1.17 bits per heavy atom. The number of aromatic nitrogens is 4. The molecule has 7 heteroatoms. The maximum absolute atomic E-state index is 12.9. The maximum atomic E-state index is 12.9. The van der Waals surface area contributed by atoms with Crippen LogP contribution in [0.5, 0.6) is 0 Å². The van der Waals surface area contributed by atoms with Gasteiger partial charge in [0, 0.05) is 37.3 Å². The van der Waals surface area contributed by atoms with E-state index in [0.29, 0.717) is 31.0 Å². The molecule has 2 aromatic heterocycles. The van der Waals surface area contributed by atoms with Crippen molar-refractivity contribution in [3.8, 4) is 0 Å². The van der Waals surface area contributed by atoms with Crippen LogP contribution in [0.3, 0.4) is 0 Å². The van der Waals surface area contributed by atoms with Crippen molar-refractivity contribution >= 4 is 16.8 Å². The van der Waals surface area contributed by atoms with Crippen LogP contribution in [-0.4, -0.2) is 36.7 Å². The highest BCUT2D eigenvalue weighted by molar-refractivity contribution is 6.06. The molecule has 1 aliphatic rings. The first-order valence-electron chi connectivity index (χ1n) is 7.41. The third-order valence-electron chi connectivity index (χ3n) is 4.17. The molecule has 7 nitrogen and oxygen atoms in total. The second kappa shape index (κ2) is 5.05. The number of hydrogen-bond acceptors (Lipinski definition) is 4. The van der Waals surface area contributed by atoms with Gasteiger partial charge in [-0.3, -0.25) is 14.3 Å². The van der Waals surface area contributed by atoms with Crippen molar-refractivity contribution in [3.05, 3.63) is 58.4 Å². The summed E-state index contributed by atoms with van der Waals surface area (Å²) in [5.74, 6) is 0.559. The molecule has 0 saturated heterocycles. The summed E-state index contributed by atoms with van der Waals surface area (Å²) in [5.41, 5.74) is 1.29. The standard InChI is InChI=1S/C16H15N5O2/c1-19-16(23)21-9-8-20(10-14(21)18-19)15(22)12-4-2-6-13-11(12)5-3-7-17-13/h2-7H,8-10H2,1H3. The first kappa shape index (κ1) is 13.7. The molecule has 0 aliphatic carbocycles. The fourth-order valence-corrected chi connectivity index (χ4v) is 3.00. The third kappa shape index (κ3) is 2.12. The van der Waals surface area contributed by atoms with E-state index in [4.69, 9.17) is 0 Å². The maximum Gasteiger partial charge on any atom is 0.345 e. The minimum Gasteiger partial charge on any atom is -0.329 e. The molecular formula is C16H15N5O2. The molecule has 1 amide bonds. The molecule has 0 unspecified atom stereocenters. The Bertz CT molecular complexity index is 967. The number of pyridine rings is 1. The third-order valence-corrected chi connectivity index (χ3v) is 4.17. The van der Waals surface area contributed by atoms with Gasteiger partial charge in [-0.15, -0.1) is 0 Å². The van der Waals surface area contributed by atoms with Crippen LogP contribution in [0.25, 0.3) is 10.9 Å². The molecule has 0 bridgehead atoms. The lowest BCUT2D eigenvalue weighted by atomic mass is 10.1. The van der Waals surface area contributed by atoms with E-state index in [-0.39, 0.29) is 11.6 Å². The number of benzene rings is 1. The van der Waals surface area contributed by atoms with E-state index in [1.165, 1.54) is 4.68 Å². The number of amides is 1. The second-order valence-electron chi connectivity index (χ2n) is 5.58. The summed E-state index contributed by atoms with van der Waals surface area (Å²) in [7, 11) is 1.62. The van der Waals surface area contributed by atoms with Gasteiger partial charge < -0.3 is 4.90 Å². The molecule has 1 aliphatic heterocycles. The SMILES string of the molecule is Cn1nc2n(c1=O)CCN(C(=O)c1cccc3ncccc13)C2. The summed E-state index contributed by atoms with van der Waals surface area (Å²) >= 11 is 0. The summed E-state index contributed by atoms with van der Waals surface area (Å²) in [4.78, 5) is 30.8. The fourth-order valence-electron chi connectivity index (χ4n) is 3.00. The zero-order chi connectivity index (χ0) is 16.0. The molecule has 4 rings (SSSR count). The first-order valence-corrected chi connectivity index (χ1v) is 7.41. The highest BCUT2D eigenvalue weighted by Crippen LogP contribution is 2.20. The van der Waals surface area contributed by atoms with Gasteiger partial charge in [0.15, 0.2) is 5.82 Å². The topological polar surface area (TPSA) is 73.0 Å². The second-order valence-corrected chi connectivity index (χ2v) is 5.58. The van der Waals surface area contributed by atoms with Gasteiger partial charge in [0.25, 0.3) is 5.91 Å². The molecule has 0 radical (unpaired) electrons. The number of hydrogen-bond donors (Lipinski definition) is 0. The number of carbonyl (C=O) groups excluding carboxylic acids is 1. The predicted octanol–water partition coefficient (Wildman–Crippen LogP) is 0.786. The van der Waals surface area contributed by atoms with Crippen LogP contribution in [0.15, 0.2) is 41.3 Å². The molecule has 0 atom stereocenters. The Morgan fingerprint density at radius 2 is 2.04 bits per heavy atom. The van der Waals surface area contributed by atoms with Gasteiger partial charge in [-0.25, -0.2) is 9.48 Å². The van der Waals surface area contributed by atoms with E-state index in [2.05, 4.69) is 10.1 Å². The summed E-state index contributed by atoms with van der Waals surface area (Å²) in [6.07, 6.45) is 1.71. The zero-order valence-corrected chi connectivity index (χ0v) is 12.6. The Kier molecular flexibility index (Phi) is 3.00. The van der Waals surface area contributed by atoms with Crippen molar-refractivity contribution in [2.24, 2.45) is 7.05 Å².